The predicted molar refractivity (Wildman–Crippen MR) is 52.8 cm³/mol. The molecule has 1 saturated heterocycles. The minimum atomic E-state index is -0.997. The van der Waals surface area contributed by atoms with Crippen LogP contribution in [0, 0.1) is 23.4 Å². The highest BCUT2D eigenvalue weighted by atomic mass is 19.1. The van der Waals surface area contributed by atoms with Crippen molar-refractivity contribution in [2.24, 2.45) is 5.92 Å². The Morgan fingerprint density at radius 3 is 2.50 bits per heavy atom. The third kappa shape index (κ3) is 2.47. The zero-order valence-electron chi connectivity index (χ0n) is 8.60. The second-order valence-electron chi connectivity index (χ2n) is 3.87. The van der Waals surface area contributed by atoms with Crippen LogP contribution in [0.5, 0.6) is 5.75 Å². The van der Waals surface area contributed by atoms with E-state index in [0.717, 1.165) is 19.5 Å². The Hall–Kier alpha value is -1.23. The van der Waals surface area contributed by atoms with E-state index in [1.54, 1.807) is 0 Å². The van der Waals surface area contributed by atoms with Gasteiger partial charge in [-0.15, -0.1) is 0 Å². The molecule has 0 saturated carbocycles. The first kappa shape index (κ1) is 11.3. The van der Waals surface area contributed by atoms with Crippen molar-refractivity contribution in [2.45, 2.75) is 6.42 Å². The molecule has 2 rings (SSSR count). The first-order valence-corrected chi connectivity index (χ1v) is 5.15. The predicted octanol–water partition coefficient (Wildman–Crippen LogP) is 2.09. The lowest BCUT2D eigenvalue weighted by Crippen LogP contribution is -2.16. The molecule has 1 aromatic rings. The summed E-state index contributed by atoms with van der Waals surface area (Å²) in [6, 6.07) is 1.23. The highest BCUT2D eigenvalue weighted by Gasteiger charge is 2.18. The maximum atomic E-state index is 13.2. The van der Waals surface area contributed by atoms with Crippen LogP contribution in [0.25, 0.3) is 0 Å². The molecule has 0 spiro atoms. The number of ether oxygens (including phenoxy) is 1. The second-order valence-corrected chi connectivity index (χ2v) is 3.87. The minimum absolute atomic E-state index is 0.243. The van der Waals surface area contributed by atoms with Gasteiger partial charge in [0, 0.05) is 24.6 Å². The van der Waals surface area contributed by atoms with Gasteiger partial charge in [-0.25, -0.2) is 13.2 Å². The summed E-state index contributed by atoms with van der Waals surface area (Å²) in [4.78, 5) is 0. The van der Waals surface area contributed by atoms with E-state index in [0.29, 0.717) is 12.1 Å². The van der Waals surface area contributed by atoms with Crippen molar-refractivity contribution in [3.63, 3.8) is 0 Å². The molecule has 1 aliphatic heterocycles. The third-order valence-electron chi connectivity index (χ3n) is 2.59. The van der Waals surface area contributed by atoms with E-state index >= 15 is 0 Å². The summed E-state index contributed by atoms with van der Waals surface area (Å²) in [5.74, 6) is -3.17. The Balaban J connectivity index is 2.03. The lowest BCUT2D eigenvalue weighted by atomic mass is 10.1. The Kier molecular flexibility index (Phi) is 3.33. The lowest BCUT2D eigenvalue weighted by molar-refractivity contribution is 0.237. The minimum Gasteiger partial charge on any atom is -0.487 e. The quantitative estimate of drug-likeness (QED) is 0.860. The molecule has 1 atom stereocenters. The fourth-order valence-electron chi connectivity index (χ4n) is 1.72. The number of nitrogens with one attached hydrogen (secondary N) is 1. The molecule has 1 N–H and O–H groups in total. The number of hydrogen-bond donors (Lipinski definition) is 1. The van der Waals surface area contributed by atoms with E-state index in [9.17, 15) is 13.2 Å². The van der Waals surface area contributed by atoms with Crippen molar-refractivity contribution in [2.75, 3.05) is 19.7 Å². The van der Waals surface area contributed by atoms with Crippen LogP contribution in [0.2, 0.25) is 0 Å². The van der Waals surface area contributed by atoms with Crippen LogP contribution >= 0.6 is 0 Å². The third-order valence-corrected chi connectivity index (χ3v) is 2.59. The van der Waals surface area contributed by atoms with Gasteiger partial charge in [0.1, 0.15) is 5.82 Å². The zero-order chi connectivity index (χ0) is 11.5. The molecule has 0 amide bonds. The van der Waals surface area contributed by atoms with Gasteiger partial charge >= 0.3 is 0 Å². The van der Waals surface area contributed by atoms with Crippen LogP contribution in [0.3, 0.4) is 0 Å². The fourth-order valence-corrected chi connectivity index (χ4v) is 1.72. The molecule has 1 unspecified atom stereocenters. The van der Waals surface area contributed by atoms with Gasteiger partial charge in [0.25, 0.3) is 0 Å². The van der Waals surface area contributed by atoms with Crippen molar-refractivity contribution < 1.29 is 17.9 Å². The molecule has 88 valence electrons. The number of halogens is 3. The molecule has 0 aromatic heterocycles. The van der Waals surface area contributed by atoms with E-state index in [4.69, 9.17) is 4.74 Å². The average molecular weight is 231 g/mol. The van der Waals surface area contributed by atoms with E-state index in [2.05, 4.69) is 5.32 Å². The van der Waals surface area contributed by atoms with Crippen LogP contribution in [0.4, 0.5) is 13.2 Å². The van der Waals surface area contributed by atoms with Crippen molar-refractivity contribution in [3.05, 3.63) is 29.6 Å². The maximum Gasteiger partial charge on any atom is 0.190 e. The summed E-state index contributed by atoms with van der Waals surface area (Å²) in [7, 11) is 0. The number of benzene rings is 1. The molecule has 1 fully saturated rings. The summed E-state index contributed by atoms with van der Waals surface area (Å²) in [5, 5.41) is 3.12. The fraction of sp³-hybridized carbons (Fsp3) is 0.455. The molecule has 16 heavy (non-hydrogen) atoms. The van der Waals surface area contributed by atoms with Crippen LogP contribution in [0.15, 0.2) is 12.1 Å². The van der Waals surface area contributed by atoms with Gasteiger partial charge in [-0.3, -0.25) is 0 Å². The van der Waals surface area contributed by atoms with E-state index in [1.165, 1.54) is 0 Å². The topological polar surface area (TPSA) is 21.3 Å². The molecule has 2 nitrogen and oxygen atoms in total. The molecular formula is C11H12F3NO. The number of hydrogen-bond acceptors (Lipinski definition) is 2. The smallest absolute Gasteiger partial charge is 0.190 e. The van der Waals surface area contributed by atoms with Crippen LogP contribution < -0.4 is 10.1 Å². The van der Waals surface area contributed by atoms with Gasteiger partial charge in [0.15, 0.2) is 17.4 Å². The van der Waals surface area contributed by atoms with Gasteiger partial charge in [0.2, 0.25) is 0 Å². The Morgan fingerprint density at radius 2 is 1.94 bits per heavy atom. The van der Waals surface area contributed by atoms with Crippen molar-refractivity contribution in [1.29, 1.82) is 0 Å². The standard InChI is InChI=1S/C11H12F3NO/c12-8-3-9(13)11(10(14)4-8)16-6-7-1-2-15-5-7/h3-4,7,15H,1-2,5-6H2. The zero-order valence-corrected chi connectivity index (χ0v) is 8.60. The molecule has 1 heterocycles. The van der Waals surface area contributed by atoms with Crippen LogP contribution in [-0.4, -0.2) is 19.7 Å². The Bertz CT molecular complexity index is 354. The van der Waals surface area contributed by atoms with E-state index in [-0.39, 0.29) is 12.5 Å². The molecule has 1 aliphatic rings. The van der Waals surface area contributed by atoms with Gasteiger partial charge in [-0.05, 0) is 13.0 Å². The highest BCUT2D eigenvalue weighted by molar-refractivity contribution is 5.26. The first-order chi connectivity index (χ1) is 7.66. The number of rotatable bonds is 3. The Morgan fingerprint density at radius 1 is 1.25 bits per heavy atom. The molecule has 1 aromatic carbocycles. The second kappa shape index (κ2) is 4.74. The van der Waals surface area contributed by atoms with Crippen LogP contribution in [-0.2, 0) is 0 Å². The molecule has 0 radical (unpaired) electrons. The molecule has 0 bridgehead atoms. The van der Waals surface area contributed by atoms with Gasteiger partial charge in [0.05, 0.1) is 6.61 Å². The normalized spacial score (nSPS) is 20.1. The van der Waals surface area contributed by atoms with Crippen molar-refractivity contribution >= 4 is 0 Å². The SMILES string of the molecule is Fc1cc(F)c(OCC2CCNC2)c(F)c1. The molecule has 0 aliphatic carbocycles. The van der Waals surface area contributed by atoms with Gasteiger partial charge in [-0.1, -0.05) is 0 Å². The molecular weight excluding hydrogens is 219 g/mol. The average Bonchev–Trinajstić information content (AvgIpc) is 2.68. The van der Waals surface area contributed by atoms with Crippen LogP contribution in [0.1, 0.15) is 6.42 Å². The summed E-state index contributed by atoms with van der Waals surface area (Å²) in [6.07, 6.45) is 0.921. The summed E-state index contributed by atoms with van der Waals surface area (Å²) in [6.45, 7) is 1.92. The van der Waals surface area contributed by atoms with Crippen molar-refractivity contribution in [3.8, 4) is 5.75 Å². The maximum absolute atomic E-state index is 13.2. The van der Waals surface area contributed by atoms with E-state index in [1.807, 2.05) is 0 Å². The monoisotopic (exact) mass is 231 g/mol. The lowest BCUT2D eigenvalue weighted by Gasteiger charge is -2.12. The first-order valence-electron chi connectivity index (χ1n) is 5.15. The molecule has 5 heteroatoms. The van der Waals surface area contributed by atoms with Crippen molar-refractivity contribution in [1.82, 2.24) is 5.32 Å². The summed E-state index contributed by atoms with van der Waals surface area (Å²) >= 11 is 0. The highest BCUT2D eigenvalue weighted by Crippen LogP contribution is 2.23. The van der Waals surface area contributed by atoms with Gasteiger partial charge < -0.3 is 10.1 Å². The van der Waals surface area contributed by atoms with E-state index < -0.39 is 23.2 Å². The van der Waals surface area contributed by atoms with Gasteiger partial charge in [-0.2, -0.15) is 0 Å². The summed E-state index contributed by atoms with van der Waals surface area (Å²) in [5.41, 5.74) is 0. The summed E-state index contributed by atoms with van der Waals surface area (Å²) < 4.78 is 44.0. The largest absolute Gasteiger partial charge is 0.487 e. The Labute approximate surface area is 91.4 Å².